The van der Waals surface area contributed by atoms with Gasteiger partial charge in [-0.3, -0.25) is 0 Å². The molecule has 0 amide bonds. The van der Waals surface area contributed by atoms with Crippen molar-refractivity contribution in [3.63, 3.8) is 0 Å². The number of allylic oxidation sites excluding steroid dienone is 4. The summed E-state index contributed by atoms with van der Waals surface area (Å²) in [6.07, 6.45) is 7.24. The Hall–Kier alpha value is -1.32. The fourth-order valence-corrected chi connectivity index (χ4v) is 2.44. The molecule has 0 radical (unpaired) electrons. The zero-order valence-corrected chi connectivity index (χ0v) is 12.8. The van der Waals surface area contributed by atoms with E-state index in [1.165, 1.54) is 6.08 Å². The van der Waals surface area contributed by atoms with Gasteiger partial charge < -0.3 is 10.2 Å². The van der Waals surface area contributed by atoms with Crippen LogP contribution in [0.4, 0.5) is 8.78 Å². The Bertz CT molecular complexity index is 380. The van der Waals surface area contributed by atoms with Gasteiger partial charge in [0.25, 0.3) is 5.92 Å². The lowest BCUT2D eigenvalue weighted by Crippen LogP contribution is -2.22. The lowest BCUT2D eigenvalue weighted by Gasteiger charge is -2.22. The molecule has 1 fully saturated rings. The molecule has 1 aliphatic rings. The van der Waals surface area contributed by atoms with Gasteiger partial charge in [0, 0.05) is 44.4 Å². The van der Waals surface area contributed by atoms with Gasteiger partial charge in [0.15, 0.2) is 0 Å². The maximum Gasteiger partial charge on any atom is 0.264 e. The predicted octanol–water partition coefficient (Wildman–Crippen LogP) is 3.94. The van der Waals surface area contributed by atoms with Crippen LogP contribution in [0.15, 0.2) is 36.2 Å². The SMILES string of the molecule is C=C(NC)C1CCN(/C(=C/C=CC(C)(F)F)CCC)C1. The van der Waals surface area contributed by atoms with Crippen LogP contribution in [-0.4, -0.2) is 31.0 Å². The maximum absolute atomic E-state index is 12.8. The predicted molar refractivity (Wildman–Crippen MR) is 80.6 cm³/mol. The summed E-state index contributed by atoms with van der Waals surface area (Å²) in [5.41, 5.74) is 2.19. The van der Waals surface area contributed by atoms with E-state index in [2.05, 4.69) is 23.7 Å². The highest BCUT2D eigenvalue weighted by Gasteiger charge is 2.25. The molecule has 1 aliphatic heterocycles. The van der Waals surface area contributed by atoms with E-state index in [0.717, 1.165) is 56.7 Å². The number of nitrogens with zero attached hydrogens (tertiary/aromatic N) is 1. The first-order valence-electron chi connectivity index (χ1n) is 7.25. The van der Waals surface area contributed by atoms with Crippen LogP contribution in [0.2, 0.25) is 0 Å². The summed E-state index contributed by atoms with van der Waals surface area (Å²) >= 11 is 0. The first kappa shape index (κ1) is 16.7. The highest BCUT2D eigenvalue weighted by Crippen LogP contribution is 2.26. The number of likely N-dealkylation sites (tertiary alicyclic amines) is 1. The first-order valence-corrected chi connectivity index (χ1v) is 7.25. The quantitative estimate of drug-likeness (QED) is 0.712. The Morgan fingerprint density at radius 2 is 2.20 bits per heavy atom. The molecule has 0 bridgehead atoms. The zero-order valence-electron chi connectivity index (χ0n) is 12.8. The van der Waals surface area contributed by atoms with E-state index in [4.69, 9.17) is 0 Å². The minimum absolute atomic E-state index is 0.442. The van der Waals surface area contributed by atoms with Crippen molar-refractivity contribution in [2.45, 2.75) is 39.0 Å². The fourth-order valence-electron chi connectivity index (χ4n) is 2.44. The fraction of sp³-hybridized carbons (Fsp3) is 0.625. The molecule has 0 aromatic heterocycles. The third-order valence-corrected chi connectivity index (χ3v) is 3.59. The van der Waals surface area contributed by atoms with Crippen LogP contribution in [0.25, 0.3) is 0 Å². The minimum Gasteiger partial charge on any atom is -0.392 e. The van der Waals surface area contributed by atoms with Crippen LogP contribution < -0.4 is 5.32 Å². The lowest BCUT2D eigenvalue weighted by molar-refractivity contribution is 0.0775. The molecule has 2 nitrogen and oxygen atoms in total. The smallest absolute Gasteiger partial charge is 0.264 e. The molecule has 0 spiro atoms. The molecular formula is C16H26F2N2. The van der Waals surface area contributed by atoms with Crippen molar-refractivity contribution in [3.8, 4) is 0 Å². The van der Waals surface area contributed by atoms with Gasteiger partial charge in [0.1, 0.15) is 0 Å². The molecule has 1 atom stereocenters. The van der Waals surface area contributed by atoms with Crippen molar-refractivity contribution in [1.82, 2.24) is 10.2 Å². The second kappa shape index (κ2) is 7.46. The zero-order chi connectivity index (χ0) is 15.2. The van der Waals surface area contributed by atoms with E-state index < -0.39 is 5.92 Å². The topological polar surface area (TPSA) is 15.3 Å². The van der Waals surface area contributed by atoms with Crippen LogP contribution in [0.3, 0.4) is 0 Å². The lowest BCUT2D eigenvalue weighted by atomic mass is 10.1. The molecule has 1 heterocycles. The Balaban J connectivity index is 2.70. The second-order valence-electron chi connectivity index (χ2n) is 5.43. The van der Waals surface area contributed by atoms with Crippen molar-refractivity contribution in [2.75, 3.05) is 20.1 Å². The highest BCUT2D eigenvalue weighted by atomic mass is 19.3. The number of halogens is 2. The standard InChI is InChI=1S/C16H26F2N2/c1-5-7-15(8-6-10-16(3,17)18)20-11-9-14(12-20)13(2)19-4/h6,8,10,14,19H,2,5,7,9,11-12H2,1,3-4H3/b10-6?,15-8+. The number of rotatable bonds is 7. The molecule has 1 unspecified atom stereocenters. The third kappa shape index (κ3) is 5.35. The Kier molecular flexibility index (Phi) is 6.24. The van der Waals surface area contributed by atoms with Crippen LogP contribution in [0, 0.1) is 5.92 Å². The van der Waals surface area contributed by atoms with Gasteiger partial charge in [0.2, 0.25) is 0 Å². The molecule has 1 N–H and O–H groups in total. The number of hydrogen-bond acceptors (Lipinski definition) is 2. The normalized spacial score (nSPS) is 20.8. The van der Waals surface area contributed by atoms with E-state index in [1.54, 1.807) is 0 Å². The molecule has 0 aromatic rings. The minimum atomic E-state index is -2.75. The maximum atomic E-state index is 12.8. The molecule has 1 saturated heterocycles. The summed E-state index contributed by atoms with van der Waals surface area (Å²) in [6.45, 7) is 8.91. The first-order chi connectivity index (χ1) is 9.37. The molecule has 4 heteroatoms. The van der Waals surface area contributed by atoms with Gasteiger partial charge in [-0.25, -0.2) is 8.78 Å². The van der Waals surface area contributed by atoms with Crippen LogP contribution >= 0.6 is 0 Å². The van der Waals surface area contributed by atoms with Crippen molar-refractivity contribution in [3.05, 3.63) is 36.2 Å². The van der Waals surface area contributed by atoms with Crippen molar-refractivity contribution in [2.24, 2.45) is 5.92 Å². The number of hydrogen-bond donors (Lipinski definition) is 1. The summed E-state index contributed by atoms with van der Waals surface area (Å²) in [5.74, 6) is -2.31. The van der Waals surface area contributed by atoms with Gasteiger partial charge >= 0.3 is 0 Å². The molecule has 0 aromatic carbocycles. The van der Waals surface area contributed by atoms with Gasteiger partial charge in [-0.2, -0.15) is 0 Å². The molecule has 1 rings (SSSR count). The molecule has 0 saturated carbocycles. The number of alkyl halides is 2. The second-order valence-corrected chi connectivity index (χ2v) is 5.43. The highest BCUT2D eigenvalue weighted by molar-refractivity contribution is 5.16. The van der Waals surface area contributed by atoms with Gasteiger partial charge in [-0.05, 0) is 25.0 Å². The van der Waals surface area contributed by atoms with E-state index in [1.807, 2.05) is 13.1 Å². The van der Waals surface area contributed by atoms with E-state index >= 15 is 0 Å². The van der Waals surface area contributed by atoms with Gasteiger partial charge in [-0.15, -0.1) is 0 Å². The van der Waals surface area contributed by atoms with Gasteiger partial charge in [-0.1, -0.05) is 26.0 Å². The summed E-state index contributed by atoms with van der Waals surface area (Å²) in [5, 5.41) is 3.11. The van der Waals surface area contributed by atoms with Crippen molar-refractivity contribution >= 4 is 0 Å². The molecule has 0 aliphatic carbocycles. The summed E-state index contributed by atoms with van der Waals surface area (Å²) in [6, 6.07) is 0. The van der Waals surface area contributed by atoms with Crippen molar-refractivity contribution in [1.29, 1.82) is 0 Å². The Morgan fingerprint density at radius 1 is 1.50 bits per heavy atom. The summed E-state index contributed by atoms with van der Waals surface area (Å²) < 4.78 is 25.6. The summed E-state index contributed by atoms with van der Waals surface area (Å²) in [7, 11) is 1.89. The third-order valence-electron chi connectivity index (χ3n) is 3.59. The Morgan fingerprint density at radius 3 is 2.75 bits per heavy atom. The van der Waals surface area contributed by atoms with E-state index in [-0.39, 0.29) is 0 Å². The average Bonchev–Trinajstić information content (AvgIpc) is 2.85. The average molecular weight is 284 g/mol. The van der Waals surface area contributed by atoms with Crippen LogP contribution in [0.5, 0.6) is 0 Å². The van der Waals surface area contributed by atoms with Crippen LogP contribution in [0.1, 0.15) is 33.1 Å². The van der Waals surface area contributed by atoms with E-state index in [9.17, 15) is 8.78 Å². The molecular weight excluding hydrogens is 258 g/mol. The summed E-state index contributed by atoms with van der Waals surface area (Å²) in [4.78, 5) is 2.29. The van der Waals surface area contributed by atoms with Crippen LogP contribution in [-0.2, 0) is 0 Å². The largest absolute Gasteiger partial charge is 0.392 e. The van der Waals surface area contributed by atoms with E-state index in [0.29, 0.717) is 5.92 Å². The monoisotopic (exact) mass is 284 g/mol. The Labute approximate surface area is 121 Å². The number of nitrogens with one attached hydrogen (secondary N) is 1. The van der Waals surface area contributed by atoms with Gasteiger partial charge in [0.05, 0.1) is 0 Å². The molecule has 20 heavy (non-hydrogen) atoms. The molecule has 114 valence electrons. The van der Waals surface area contributed by atoms with Crippen molar-refractivity contribution < 1.29 is 8.78 Å².